The first-order valence-corrected chi connectivity index (χ1v) is 4.97. The lowest BCUT2D eigenvalue weighted by molar-refractivity contribution is -0.115. The van der Waals surface area contributed by atoms with Crippen molar-refractivity contribution in [3.8, 4) is 0 Å². The summed E-state index contributed by atoms with van der Waals surface area (Å²) in [5.41, 5.74) is 0.395. The summed E-state index contributed by atoms with van der Waals surface area (Å²) < 4.78 is 0. The van der Waals surface area contributed by atoms with Crippen LogP contribution in [0.4, 0.5) is 10.5 Å². The van der Waals surface area contributed by atoms with E-state index >= 15 is 0 Å². The summed E-state index contributed by atoms with van der Waals surface area (Å²) in [4.78, 5) is 22.0. The Hall–Kier alpha value is -1.52. The summed E-state index contributed by atoms with van der Waals surface area (Å²) >= 11 is 11.5. The van der Waals surface area contributed by atoms with Crippen LogP contribution in [0.25, 0.3) is 0 Å². The average Bonchev–Trinajstić information content (AvgIpc) is 2.15. The third-order valence-electron chi connectivity index (χ3n) is 1.54. The molecule has 0 radical (unpaired) electrons. The molecule has 84 valence electrons. The van der Waals surface area contributed by atoms with Gasteiger partial charge in [0.05, 0.1) is 0 Å². The summed E-state index contributed by atoms with van der Waals surface area (Å²) in [6, 6.07) is 3.86. The standard InChI is InChI=1S/C10H8Cl2N2O2/c1-2-9(15)14-10(16)13-8-4-6(11)3-7(12)5-8/h2-5H,1H2,(H2,13,14,15,16). The van der Waals surface area contributed by atoms with Crippen LogP contribution in [-0.2, 0) is 4.79 Å². The summed E-state index contributed by atoms with van der Waals surface area (Å²) in [6.45, 7) is 3.21. The van der Waals surface area contributed by atoms with E-state index in [1.807, 2.05) is 5.32 Å². The number of carbonyl (C=O) groups excluding carboxylic acids is 2. The van der Waals surface area contributed by atoms with Crippen LogP contribution in [0, 0.1) is 0 Å². The number of hydrogen-bond donors (Lipinski definition) is 2. The summed E-state index contributed by atoms with van der Waals surface area (Å²) in [5.74, 6) is -0.592. The minimum Gasteiger partial charge on any atom is -0.308 e. The van der Waals surface area contributed by atoms with Crippen LogP contribution in [0.5, 0.6) is 0 Å². The Bertz CT molecular complexity index is 426. The lowest BCUT2D eigenvalue weighted by atomic mass is 10.3. The van der Waals surface area contributed by atoms with Crippen LogP contribution in [0.1, 0.15) is 0 Å². The third-order valence-corrected chi connectivity index (χ3v) is 1.98. The normalized spacial score (nSPS) is 9.38. The second-order valence-corrected chi connectivity index (χ2v) is 3.68. The van der Waals surface area contributed by atoms with E-state index in [1.54, 1.807) is 0 Å². The zero-order valence-corrected chi connectivity index (χ0v) is 9.60. The predicted octanol–water partition coefficient (Wildman–Crippen LogP) is 2.83. The summed E-state index contributed by atoms with van der Waals surface area (Å²) in [5, 5.41) is 5.20. The molecule has 0 fully saturated rings. The molecule has 0 saturated heterocycles. The minimum absolute atomic E-state index is 0.387. The van der Waals surface area contributed by atoms with Gasteiger partial charge in [0.25, 0.3) is 5.91 Å². The number of urea groups is 1. The minimum atomic E-state index is -0.678. The summed E-state index contributed by atoms with van der Waals surface area (Å²) in [6.07, 6.45) is 0.991. The quantitative estimate of drug-likeness (QED) is 0.802. The van der Waals surface area contributed by atoms with Crippen molar-refractivity contribution in [3.05, 3.63) is 40.9 Å². The van der Waals surface area contributed by atoms with Crippen LogP contribution >= 0.6 is 23.2 Å². The van der Waals surface area contributed by atoms with Gasteiger partial charge in [0.2, 0.25) is 0 Å². The van der Waals surface area contributed by atoms with E-state index in [4.69, 9.17) is 23.2 Å². The Morgan fingerprint density at radius 1 is 1.19 bits per heavy atom. The molecule has 6 heteroatoms. The first kappa shape index (κ1) is 12.5. The Labute approximate surface area is 102 Å². The second-order valence-electron chi connectivity index (χ2n) is 2.81. The molecule has 0 aliphatic heterocycles. The van der Waals surface area contributed by atoms with E-state index in [0.717, 1.165) is 6.08 Å². The van der Waals surface area contributed by atoms with Crippen molar-refractivity contribution in [1.82, 2.24) is 5.32 Å². The van der Waals surface area contributed by atoms with Gasteiger partial charge in [0, 0.05) is 15.7 Å². The Balaban J connectivity index is 2.69. The summed E-state index contributed by atoms with van der Waals surface area (Å²) in [7, 11) is 0. The van der Waals surface area contributed by atoms with Crippen molar-refractivity contribution in [2.24, 2.45) is 0 Å². The van der Waals surface area contributed by atoms with Gasteiger partial charge in [-0.25, -0.2) is 4.79 Å². The molecule has 1 aromatic carbocycles. The zero-order chi connectivity index (χ0) is 12.1. The van der Waals surface area contributed by atoms with Crippen LogP contribution in [0.2, 0.25) is 10.0 Å². The van der Waals surface area contributed by atoms with E-state index in [1.165, 1.54) is 18.2 Å². The fourth-order valence-corrected chi connectivity index (χ4v) is 1.48. The van der Waals surface area contributed by atoms with E-state index in [9.17, 15) is 9.59 Å². The molecule has 0 unspecified atom stereocenters. The molecular formula is C10H8Cl2N2O2. The molecule has 0 aliphatic carbocycles. The first-order valence-electron chi connectivity index (χ1n) is 4.22. The van der Waals surface area contributed by atoms with Gasteiger partial charge in [0.1, 0.15) is 0 Å². The maximum absolute atomic E-state index is 11.2. The van der Waals surface area contributed by atoms with Crippen LogP contribution in [-0.4, -0.2) is 11.9 Å². The number of carbonyl (C=O) groups is 2. The molecule has 0 heterocycles. The monoisotopic (exact) mass is 258 g/mol. The zero-order valence-electron chi connectivity index (χ0n) is 8.09. The van der Waals surface area contributed by atoms with E-state index in [0.29, 0.717) is 15.7 Å². The Morgan fingerprint density at radius 3 is 2.25 bits per heavy atom. The molecule has 0 bridgehead atoms. The van der Waals surface area contributed by atoms with E-state index < -0.39 is 11.9 Å². The number of imide groups is 1. The lowest BCUT2D eigenvalue weighted by Gasteiger charge is -2.05. The molecule has 1 aromatic rings. The largest absolute Gasteiger partial charge is 0.326 e. The molecule has 3 amide bonds. The number of hydrogen-bond acceptors (Lipinski definition) is 2. The van der Waals surface area contributed by atoms with Gasteiger partial charge in [-0.1, -0.05) is 29.8 Å². The van der Waals surface area contributed by atoms with Crippen LogP contribution in [0.15, 0.2) is 30.9 Å². The molecular weight excluding hydrogens is 251 g/mol. The average molecular weight is 259 g/mol. The van der Waals surface area contributed by atoms with Gasteiger partial charge in [-0.15, -0.1) is 0 Å². The number of rotatable bonds is 2. The highest BCUT2D eigenvalue weighted by Gasteiger charge is 2.05. The molecule has 1 rings (SSSR count). The molecule has 2 N–H and O–H groups in total. The third kappa shape index (κ3) is 3.92. The molecule has 0 aromatic heterocycles. The maximum Gasteiger partial charge on any atom is 0.326 e. The number of benzene rings is 1. The fraction of sp³-hybridized carbons (Fsp3) is 0. The first-order chi connectivity index (χ1) is 7.51. The van der Waals surface area contributed by atoms with Gasteiger partial charge in [-0.2, -0.15) is 0 Å². The van der Waals surface area contributed by atoms with Gasteiger partial charge >= 0.3 is 6.03 Å². The number of anilines is 1. The highest BCUT2D eigenvalue weighted by atomic mass is 35.5. The highest BCUT2D eigenvalue weighted by Crippen LogP contribution is 2.22. The molecule has 0 aliphatic rings. The molecule has 0 spiro atoms. The van der Waals surface area contributed by atoms with E-state index in [-0.39, 0.29) is 0 Å². The Morgan fingerprint density at radius 2 is 1.75 bits per heavy atom. The lowest BCUT2D eigenvalue weighted by Crippen LogP contribution is -2.32. The molecule has 16 heavy (non-hydrogen) atoms. The van der Waals surface area contributed by atoms with Crippen molar-refractivity contribution >= 4 is 40.8 Å². The van der Waals surface area contributed by atoms with E-state index in [2.05, 4.69) is 11.9 Å². The van der Waals surface area contributed by atoms with Crippen LogP contribution < -0.4 is 10.6 Å². The van der Waals surface area contributed by atoms with Crippen LogP contribution in [0.3, 0.4) is 0 Å². The van der Waals surface area contributed by atoms with Crippen molar-refractivity contribution in [1.29, 1.82) is 0 Å². The fourth-order valence-electron chi connectivity index (χ4n) is 0.951. The number of halogens is 2. The van der Waals surface area contributed by atoms with Gasteiger partial charge in [-0.3, -0.25) is 10.1 Å². The SMILES string of the molecule is C=CC(=O)NC(=O)Nc1cc(Cl)cc(Cl)c1. The Kier molecular flexibility index (Phi) is 4.34. The smallest absolute Gasteiger partial charge is 0.308 e. The maximum atomic E-state index is 11.2. The predicted molar refractivity (Wildman–Crippen MR) is 63.8 cm³/mol. The van der Waals surface area contributed by atoms with Crippen molar-refractivity contribution in [2.45, 2.75) is 0 Å². The topological polar surface area (TPSA) is 58.2 Å². The molecule has 4 nitrogen and oxygen atoms in total. The number of nitrogens with one attached hydrogen (secondary N) is 2. The van der Waals surface area contributed by atoms with Crippen molar-refractivity contribution in [2.75, 3.05) is 5.32 Å². The number of amides is 3. The van der Waals surface area contributed by atoms with Gasteiger partial charge in [0.15, 0.2) is 0 Å². The molecule has 0 atom stereocenters. The van der Waals surface area contributed by atoms with Crippen molar-refractivity contribution < 1.29 is 9.59 Å². The van der Waals surface area contributed by atoms with Gasteiger partial charge < -0.3 is 5.32 Å². The van der Waals surface area contributed by atoms with Crippen molar-refractivity contribution in [3.63, 3.8) is 0 Å². The molecule has 0 saturated carbocycles. The highest BCUT2D eigenvalue weighted by molar-refractivity contribution is 6.35. The van der Waals surface area contributed by atoms with Gasteiger partial charge in [-0.05, 0) is 24.3 Å². The second kappa shape index (κ2) is 5.53.